The van der Waals surface area contributed by atoms with Crippen LogP contribution in [0.2, 0.25) is 0 Å². The van der Waals surface area contributed by atoms with Crippen molar-refractivity contribution in [1.29, 1.82) is 0 Å². The third-order valence-corrected chi connectivity index (χ3v) is 5.98. The molecule has 170 valence electrons. The molecule has 5 rings (SSSR count). The van der Waals surface area contributed by atoms with Crippen LogP contribution < -0.4 is 9.64 Å². The predicted molar refractivity (Wildman–Crippen MR) is 145 cm³/mol. The van der Waals surface area contributed by atoms with Crippen LogP contribution in [0, 0.1) is 6.92 Å². The summed E-state index contributed by atoms with van der Waals surface area (Å²) in [7, 11) is 0. The monoisotopic (exact) mass is 455 g/mol. The van der Waals surface area contributed by atoms with Crippen LogP contribution in [0.4, 0.5) is 17.1 Å². The lowest BCUT2D eigenvalue weighted by Crippen LogP contribution is -2.09. The van der Waals surface area contributed by atoms with E-state index in [4.69, 9.17) is 4.74 Å². The predicted octanol–water partition coefficient (Wildman–Crippen LogP) is 8.38. The molecule has 3 heteroatoms. The van der Waals surface area contributed by atoms with Crippen LogP contribution in [-0.2, 0) is 4.79 Å². The summed E-state index contributed by atoms with van der Waals surface area (Å²) in [4.78, 5) is 13.7. The normalized spacial score (nSPS) is 10.7. The summed E-state index contributed by atoms with van der Waals surface area (Å²) in [6.45, 7) is 5.53. The number of anilines is 3. The Balaban J connectivity index is 1.50. The van der Waals surface area contributed by atoms with Gasteiger partial charge in [0.05, 0.1) is 0 Å². The van der Waals surface area contributed by atoms with Gasteiger partial charge in [-0.05, 0) is 77.4 Å². The van der Waals surface area contributed by atoms with Crippen molar-refractivity contribution in [2.75, 3.05) is 4.90 Å². The molecule has 0 aliphatic rings. The number of ether oxygens (including phenoxy) is 1. The number of hydrogen-bond donors (Lipinski definition) is 0. The van der Waals surface area contributed by atoms with Gasteiger partial charge in [0.25, 0.3) is 0 Å². The first kappa shape index (κ1) is 22.2. The zero-order valence-electron chi connectivity index (χ0n) is 19.5. The average Bonchev–Trinajstić information content (AvgIpc) is 2.91. The third kappa shape index (κ3) is 4.85. The molecule has 5 aromatic rings. The second-order valence-electron chi connectivity index (χ2n) is 8.40. The molecule has 0 amide bonds. The lowest BCUT2D eigenvalue weighted by atomic mass is 10.0. The summed E-state index contributed by atoms with van der Waals surface area (Å²) in [5, 5.41) is 2.42. The van der Waals surface area contributed by atoms with Crippen LogP contribution >= 0.6 is 0 Å². The van der Waals surface area contributed by atoms with Gasteiger partial charge in [0, 0.05) is 23.1 Å². The van der Waals surface area contributed by atoms with E-state index < -0.39 is 5.97 Å². The van der Waals surface area contributed by atoms with Gasteiger partial charge < -0.3 is 9.64 Å². The van der Waals surface area contributed by atoms with Crippen molar-refractivity contribution in [3.63, 3.8) is 0 Å². The fourth-order valence-electron chi connectivity index (χ4n) is 4.13. The van der Waals surface area contributed by atoms with Crippen molar-refractivity contribution >= 4 is 33.8 Å². The van der Waals surface area contributed by atoms with Crippen LogP contribution in [0.1, 0.15) is 5.56 Å². The molecule has 0 saturated carbocycles. The van der Waals surface area contributed by atoms with Crippen molar-refractivity contribution in [3.8, 4) is 16.9 Å². The number of rotatable bonds is 6. The summed E-state index contributed by atoms with van der Waals surface area (Å²) in [5.74, 6) is 0.0316. The van der Waals surface area contributed by atoms with Crippen molar-refractivity contribution < 1.29 is 9.53 Å². The Morgan fingerprint density at radius 3 is 1.86 bits per heavy atom. The Labute approximate surface area is 205 Å². The maximum atomic E-state index is 11.4. The number of esters is 1. The van der Waals surface area contributed by atoms with Crippen molar-refractivity contribution in [2.45, 2.75) is 6.92 Å². The largest absolute Gasteiger partial charge is 0.423 e. The van der Waals surface area contributed by atoms with Gasteiger partial charge in [-0.1, -0.05) is 78.9 Å². The minimum atomic E-state index is -0.466. The molecule has 0 aliphatic heterocycles. The molecule has 0 aromatic heterocycles. The molecule has 0 unspecified atom stereocenters. The quantitative estimate of drug-likeness (QED) is 0.146. The Hall–Kier alpha value is -4.63. The van der Waals surface area contributed by atoms with Gasteiger partial charge in [0.15, 0.2) is 0 Å². The van der Waals surface area contributed by atoms with Gasteiger partial charge in [-0.15, -0.1) is 0 Å². The third-order valence-electron chi connectivity index (χ3n) is 5.98. The lowest BCUT2D eigenvalue weighted by Gasteiger charge is -2.26. The van der Waals surface area contributed by atoms with Crippen LogP contribution in [-0.4, -0.2) is 5.97 Å². The highest BCUT2D eigenvalue weighted by Gasteiger charge is 2.13. The molecule has 0 atom stereocenters. The molecule has 0 saturated heterocycles. The van der Waals surface area contributed by atoms with Crippen LogP contribution in [0.3, 0.4) is 0 Å². The number of carbonyl (C=O) groups is 1. The molecule has 35 heavy (non-hydrogen) atoms. The van der Waals surface area contributed by atoms with Gasteiger partial charge in [-0.2, -0.15) is 0 Å². The second kappa shape index (κ2) is 9.70. The molecule has 0 spiro atoms. The van der Waals surface area contributed by atoms with Gasteiger partial charge in [-0.25, -0.2) is 4.79 Å². The molecular weight excluding hydrogens is 430 g/mol. The zero-order valence-corrected chi connectivity index (χ0v) is 19.5. The Kier molecular flexibility index (Phi) is 6.15. The Morgan fingerprint density at radius 1 is 0.686 bits per heavy atom. The highest BCUT2D eigenvalue weighted by Crippen LogP contribution is 2.37. The molecule has 0 bridgehead atoms. The fourth-order valence-corrected chi connectivity index (χ4v) is 4.13. The summed E-state index contributed by atoms with van der Waals surface area (Å²) in [5.41, 5.74) is 6.63. The van der Waals surface area contributed by atoms with Gasteiger partial charge >= 0.3 is 5.97 Å². The highest BCUT2D eigenvalue weighted by molar-refractivity contribution is 5.89. The van der Waals surface area contributed by atoms with Gasteiger partial charge in [-0.3, -0.25) is 0 Å². The van der Waals surface area contributed by atoms with E-state index >= 15 is 0 Å². The van der Waals surface area contributed by atoms with Gasteiger partial charge in [0.1, 0.15) is 5.75 Å². The van der Waals surface area contributed by atoms with Crippen LogP contribution in [0.25, 0.3) is 21.9 Å². The SMILES string of the molecule is C=CC(=O)Oc1ccc(-c2ccc(N(c3ccc(C)cc3)c3ccc4ccccc4c3)cc2)cc1. The fraction of sp³-hybridized carbons (Fsp3) is 0.0312. The van der Waals surface area contributed by atoms with Crippen molar-refractivity contribution in [3.05, 3.63) is 133 Å². The first-order chi connectivity index (χ1) is 17.1. The molecular formula is C32H25NO2. The maximum Gasteiger partial charge on any atom is 0.335 e. The number of fused-ring (bicyclic) bond motifs is 1. The summed E-state index contributed by atoms with van der Waals surface area (Å²) < 4.78 is 5.18. The molecule has 3 nitrogen and oxygen atoms in total. The Bertz CT molecular complexity index is 1480. The van der Waals surface area contributed by atoms with Crippen molar-refractivity contribution in [2.24, 2.45) is 0 Å². The van der Waals surface area contributed by atoms with E-state index in [1.54, 1.807) is 12.1 Å². The highest BCUT2D eigenvalue weighted by atomic mass is 16.5. The molecule has 5 aromatic carbocycles. The van der Waals surface area contributed by atoms with Crippen LogP contribution in [0.15, 0.2) is 128 Å². The summed E-state index contributed by atoms with van der Waals surface area (Å²) >= 11 is 0. The molecule has 0 aliphatic carbocycles. The number of aryl methyl sites for hydroxylation is 1. The number of hydrogen-bond acceptors (Lipinski definition) is 3. The maximum absolute atomic E-state index is 11.4. The Morgan fingerprint density at radius 2 is 1.23 bits per heavy atom. The number of nitrogens with zero attached hydrogens (tertiary/aromatic N) is 1. The van der Waals surface area contributed by atoms with E-state index in [2.05, 4.69) is 109 Å². The van der Waals surface area contributed by atoms with E-state index in [9.17, 15) is 4.79 Å². The first-order valence-electron chi connectivity index (χ1n) is 11.5. The molecule has 0 heterocycles. The minimum Gasteiger partial charge on any atom is -0.423 e. The van der Waals surface area contributed by atoms with E-state index in [0.29, 0.717) is 5.75 Å². The van der Waals surface area contributed by atoms with E-state index in [0.717, 1.165) is 34.3 Å². The average molecular weight is 456 g/mol. The number of carbonyl (C=O) groups excluding carboxylic acids is 1. The summed E-state index contributed by atoms with van der Waals surface area (Å²) in [6, 6.07) is 39.5. The smallest absolute Gasteiger partial charge is 0.335 e. The molecule has 0 radical (unpaired) electrons. The second-order valence-corrected chi connectivity index (χ2v) is 8.40. The van der Waals surface area contributed by atoms with Gasteiger partial charge in [0.2, 0.25) is 0 Å². The molecule has 0 fully saturated rings. The van der Waals surface area contributed by atoms with E-state index in [1.807, 2.05) is 12.1 Å². The minimum absolute atomic E-state index is 0.466. The zero-order chi connectivity index (χ0) is 24.2. The van der Waals surface area contributed by atoms with E-state index in [1.165, 1.54) is 16.3 Å². The molecule has 0 N–H and O–H groups in total. The first-order valence-corrected chi connectivity index (χ1v) is 11.5. The number of benzene rings is 5. The lowest BCUT2D eigenvalue weighted by molar-refractivity contribution is -0.128. The topological polar surface area (TPSA) is 29.5 Å². The van der Waals surface area contributed by atoms with E-state index in [-0.39, 0.29) is 0 Å². The van der Waals surface area contributed by atoms with Crippen molar-refractivity contribution in [1.82, 2.24) is 0 Å². The standard InChI is InChI=1S/C32H25NO2/c1-3-32(34)35-31-20-13-26(14-21-31)25-10-17-29(18-11-25)33(28-15-8-23(2)9-16-28)30-19-12-24-6-4-5-7-27(24)22-30/h3-22H,1H2,2H3. The summed E-state index contributed by atoms with van der Waals surface area (Å²) in [6.07, 6.45) is 1.15. The van der Waals surface area contributed by atoms with Crippen LogP contribution in [0.5, 0.6) is 5.75 Å².